The third-order valence-electron chi connectivity index (χ3n) is 5.21. The van der Waals surface area contributed by atoms with E-state index in [0.717, 1.165) is 24.3 Å². The summed E-state index contributed by atoms with van der Waals surface area (Å²) in [4.78, 5) is 28.0. The number of fused-ring (bicyclic) bond motifs is 1. The fourth-order valence-corrected chi connectivity index (χ4v) is 3.90. The Balaban J connectivity index is 1.65. The van der Waals surface area contributed by atoms with Crippen LogP contribution in [0.2, 0.25) is 0 Å². The van der Waals surface area contributed by atoms with Crippen LogP contribution in [0.15, 0.2) is 52.1 Å². The first kappa shape index (κ1) is 17.4. The van der Waals surface area contributed by atoms with Gasteiger partial charge in [-0.05, 0) is 31.9 Å². The van der Waals surface area contributed by atoms with E-state index in [9.17, 15) is 14.9 Å². The lowest BCUT2D eigenvalue weighted by Gasteiger charge is -2.30. The van der Waals surface area contributed by atoms with Gasteiger partial charge in [0.2, 0.25) is 5.95 Å². The molecule has 0 fully saturated rings. The molecule has 0 saturated carbocycles. The number of anilines is 1. The molecule has 3 aromatic rings. The highest BCUT2D eigenvalue weighted by Crippen LogP contribution is 2.41. The van der Waals surface area contributed by atoms with Crippen LogP contribution >= 0.6 is 0 Å². The summed E-state index contributed by atoms with van der Waals surface area (Å²) in [6.07, 6.45) is 2.01. The van der Waals surface area contributed by atoms with Crippen LogP contribution in [0, 0.1) is 17.0 Å². The van der Waals surface area contributed by atoms with Gasteiger partial charge in [0, 0.05) is 35.4 Å². The van der Waals surface area contributed by atoms with Gasteiger partial charge < -0.3 is 9.73 Å². The van der Waals surface area contributed by atoms with Gasteiger partial charge in [0.15, 0.2) is 11.6 Å². The van der Waals surface area contributed by atoms with Crippen molar-refractivity contribution in [1.29, 1.82) is 0 Å². The molecule has 0 saturated heterocycles. The summed E-state index contributed by atoms with van der Waals surface area (Å²) in [5.41, 5.74) is 1.98. The largest absolute Gasteiger partial charge is 0.464 e. The van der Waals surface area contributed by atoms with Gasteiger partial charge in [-0.15, -0.1) is 5.10 Å². The number of hydrogen-bond donors (Lipinski definition) is 1. The number of carbonyl (C=O) groups excluding carboxylic acids is 1. The van der Waals surface area contributed by atoms with E-state index in [1.54, 1.807) is 16.8 Å². The second kappa shape index (κ2) is 6.40. The number of nitrogens with zero attached hydrogens (tertiary/aromatic N) is 4. The van der Waals surface area contributed by atoms with E-state index in [4.69, 9.17) is 4.42 Å². The summed E-state index contributed by atoms with van der Waals surface area (Å²) >= 11 is 0. The maximum atomic E-state index is 12.7. The Morgan fingerprint density at radius 2 is 2.14 bits per heavy atom. The fourth-order valence-electron chi connectivity index (χ4n) is 3.90. The molecule has 0 spiro atoms. The summed E-state index contributed by atoms with van der Waals surface area (Å²) in [6, 6.07) is 9.36. The van der Waals surface area contributed by atoms with Crippen molar-refractivity contribution in [1.82, 2.24) is 14.8 Å². The predicted octanol–water partition coefficient (Wildman–Crippen LogP) is 3.78. The summed E-state index contributed by atoms with van der Waals surface area (Å²) in [6.45, 7) is 1.85. The highest BCUT2D eigenvalue weighted by atomic mass is 16.6. The van der Waals surface area contributed by atoms with Crippen molar-refractivity contribution in [2.45, 2.75) is 32.2 Å². The maximum absolute atomic E-state index is 12.7. The Kier molecular flexibility index (Phi) is 3.83. The van der Waals surface area contributed by atoms with E-state index < -0.39 is 11.0 Å². The molecule has 3 heterocycles. The Labute approximate surface area is 165 Å². The van der Waals surface area contributed by atoms with Crippen molar-refractivity contribution >= 4 is 17.4 Å². The minimum atomic E-state index is -0.511. The van der Waals surface area contributed by atoms with Gasteiger partial charge in [-0.2, -0.15) is 4.98 Å². The summed E-state index contributed by atoms with van der Waals surface area (Å²) in [5.74, 6) is 2.25. The number of hydrogen-bond acceptors (Lipinski definition) is 7. The number of aryl methyl sites for hydroxylation is 1. The number of ketones is 1. The molecule has 1 N–H and O–H groups in total. The van der Waals surface area contributed by atoms with Crippen LogP contribution in [-0.4, -0.2) is 25.5 Å². The highest BCUT2D eigenvalue weighted by Gasteiger charge is 2.38. The van der Waals surface area contributed by atoms with Crippen LogP contribution in [0.3, 0.4) is 0 Å². The molecule has 1 aromatic carbocycles. The molecule has 1 unspecified atom stereocenters. The number of aromatic nitrogens is 3. The normalized spacial score (nSPS) is 18.2. The number of carbonyl (C=O) groups is 1. The Morgan fingerprint density at radius 3 is 2.90 bits per heavy atom. The summed E-state index contributed by atoms with van der Waals surface area (Å²) in [7, 11) is 0. The molecule has 5 rings (SSSR count). The molecule has 29 heavy (non-hydrogen) atoms. The zero-order valence-corrected chi connectivity index (χ0v) is 15.6. The highest BCUT2D eigenvalue weighted by molar-refractivity contribution is 5.99. The van der Waals surface area contributed by atoms with E-state index in [1.165, 1.54) is 12.1 Å². The smallest absolute Gasteiger partial charge is 0.270 e. The minimum absolute atomic E-state index is 0.0333. The number of nitrogens with one attached hydrogen (secondary N) is 1. The monoisotopic (exact) mass is 391 g/mol. The molecule has 1 atom stereocenters. The summed E-state index contributed by atoms with van der Waals surface area (Å²) < 4.78 is 7.48. The van der Waals surface area contributed by atoms with E-state index >= 15 is 0 Å². The molecule has 2 aromatic heterocycles. The standard InChI is InChI=1S/C20H17N5O4/c1-11-8-9-16(29-11)18-17-14(6-3-7-15(17)26)21-20-22-19(23-24(18)20)12-4-2-5-13(10-12)25(27)28/h2,4-5,8-10,18H,3,6-7H2,1H3,(H,21,22,23). The average molecular weight is 391 g/mol. The zero-order chi connectivity index (χ0) is 20.1. The topological polar surface area (TPSA) is 116 Å². The van der Waals surface area contributed by atoms with Gasteiger partial charge in [-0.3, -0.25) is 14.9 Å². The predicted molar refractivity (Wildman–Crippen MR) is 103 cm³/mol. The van der Waals surface area contributed by atoms with Crippen LogP contribution in [-0.2, 0) is 4.79 Å². The van der Waals surface area contributed by atoms with Gasteiger partial charge >= 0.3 is 0 Å². The molecule has 0 amide bonds. The molecular weight excluding hydrogens is 374 g/mol. The molecule has 1 aliphatic heterocycles. The second-order valence-corrected chi connectivity index (χ2v) is 7.16. The Morgan fingerprint density at radius 1 is 1.28 bits per heavy atom. The van der Waals surface area contributed by atoms with E-state index in [-0.39, 0.29) is 11.5 Å². The molecule has 146 valence electrons. The third kappa shape index (κ3) is 2.82. The molecule has 0 bridgehead atoms. The van der Waals surface area contributed by atoms with Crippen LogP contribution < -0.4 is 5.32 Å². The molecular formula is C20H17N5O4. The van der Waals surface area contributed by atoms with E-state index in [1.807, 2.05) is 19.1 Å². The summed E-state index contributed by atoms with van der Waals surface area (Å²) in [5, 5.41) is 18.9. The SMILES string of the molecule is Cc1ccc(C2C3=C(CCCC3=O)Nc3nc(-c4cccc([N+](=O)[O-])c4)nn32)o1. The number of nitro benzene ring substituents is 1. The number of Topliss-reactive ketones (excluding diaryl/α,β-unsaturated/α-hetero) is 1. The van der Waals surface area contributed by atoms with Gasteiger partial charge in [-0.1, -0.05) is 12.1 Å². The van der Waals surface area contributed by atoms with Crippen LogP contribution in [0.5, 0.6) is 0 Å². The molecule has 1 aliphatic carbocycles. The quantitative estimate of drug-likeness (QED) is 0.533. The third-order valence-corrected chi connectivity index (χ3v) is 5.21. The molecule has 2 aliphatic rings. The Bertz CT molecular complexity index is 1190. The van der Waals surface area contributed by atoms with E-state index in [0.29, 0.717) is 35.1 Å². The van der Waals surface area contributed by atoms with Gasteiger partial charge in [0.25, 0.3) is 5.69 Å². The molecule has 0 radical (unpaired) electrons. The van der Waals surface area contributed by atoms with Crippen LogP contribution in [0.1, 0.15) is 36.8 Å². The first-order chi connectivity index (χ1) is 14.0. The molecule has 9 heteroatoms. The number of furan rings is 1. The number of rotatable bonds is 3. The Hall–Kier alpha value is -3.75. The van der Waals surface area contributed by atoms with Crippen molar-refractivity contribution < 1.29 is 14.1 Å². The number of nitro groups is 1. The number of non-ortho nitro benzene ring substituents is 1. The maximum Gasteiger partial charge on any atom is 0.270 e. The minimum Gasteiger partial charge on any atom is -0.464 e. The van der Waals surface area contributed by atoms with Crippen molar-refractivity contribution in [3.8, 4) is 11.4 Å². The van der Waals surface area contributed by atoms with Crippen molar-refractivity contribution in [3.63, 3.8) is 0 Å². The zero-order valence-electron chi connectivity index (χ0n) is 15.6. The number of benzene rings is 1. The fraction of sp³-hybridized carbons (Fsp3) is 0.250. The van der Waals surface area contributed by atoms with Crippen molar-refractivity contribution in [3.05, 3.63) is 69.3 Å². The number of allylic oxidation sites excluding steroid dienone is 2. The van der Waals surface area contributed by atoms with Gasteiger partial charge in [-0.25, -0.2) is 4.68 Å². The van der Waals surface area contributed by atoms with Crippen molar-refractivity contribution in [2.75, 3.05) is 5.32 Å². The lowest BCUT2D eigenvalue weighted by atomic mass is 9.88. The first-order valence-electron chi connectivity index (χ1n) is 9.32. The first-order valence-corrected chi connectivity index (χ1v) is 9.32. The van der Waals surface area contributed by atoms with Gasteiger partial charge in [0.1, 0.15) is 17.6 Å². The second-order valence-electron chi connectivity index (χ2n) is 7.16. The lowest BCUT2D eigenvalue weighted by molar-refractivity contribution is -0.384. The van der Waals surface area contributed by atoms with Crippen LogP contribution in [0.4, 0.5) is 11.6 Å². The lowest BCUT2D eigenvalue weighted by Crippen LogP contribution is -2.31. The molecule has 9 nitrogen and oxygen atoms in total. The average Bonchev–Trinajstić information content (AvgIpc) is 3.32. The van der Waals surface area contributed by atoms with Crippen molar-refractivity contribution in [2.24, 2.45) is 0 Å². The van der Waals surface area contributed by atoms with Crippen LogP contribution in [0.25, 0.3) is 11.4 Å². The van der Waals surface area contributed by atoms with E-state index in [2.05, 4.69) is 15.4 Å². The van der Waals surface area contributed by atoms with Gasteiger partial charge in [0.05, 0.1) is 4.92 Å².